The minimum absolute atomic E-state index is 0.141. The molecule has 1 fully saturated rings. The fourth-order valence-electron chi connectivity index (χ4n) is 3.07. The maximum Gasteiger partial charge on any atom is 0.164 e. The number of fused-ring (bicyclic) bond motifs is 2. The number of carbonyl (C=O) groups is 1. The van der Waals surface area contributed by atoms with Gasteiger partial charge in [-0.2, -0.15) is 0 Å². The van der Waals surface area contributed by atoms with E-state index in [-0.39, 0.29) is 5.41 Å². The monoisotopic (exact) mass is 201 g/mol. The second kappa shape index (κ2) is 2.70. The molecule has 78 valence electrons. The zero-order valence-electron chi connectivity index (χ0n) is 9.18. The van der Waals surface area contributed by atoms with E-state index < -0.39 is 0 Å². The SMILES string of the molecule is Cc1ccc(C)c2c1C(=O)CC21CNC1. The molecule has 0 saturated carbocycles. The minimum atomic E-state index is 0.141. The van der Waals surface area contributed by atoms with Crippen LogP contribution < -0.4 is 5.32 Å². The Balaban J connectivity index is 2.30. The van der Waals surface area contributed by atoms with E-state index in [2.05, 4.69) is 24.4 Å². The molecule has 2 aliphatic rings. The normalized spacial score (nSPS) is 21.6. The van der Waals surface area contributed by atoms with Gasteiger partial charge in [-0.05, 0) is 30.5 Å². The van der Waals surface area contributed by atoms with Gasteiger partial charge in [0.1, 0.15) is 0 Å². The van der Waals surface area contributed by atoms with Crippen LogP contribution in [0.25, 0.3) is 0 Å². The summed E-state index contributed by atoms with van der Waals surface area (Å²) in [5.74, 6) is 0.340. The topological polar surface area (TPSA) is 29.1 Å². The number of nitrogens with one attached hydrogen (secondary N) is 1. The number of Topliss-reactive ketones (excluding diaryl/α,β-unsaturated/α-hetero) is 1. The summed E-state index contributed by atoms with van der Waals surface area (Å²) in [5.41, 5.74) is 4.90. The summed E-state index contributed by atoms with van der Waals surface area (Å²) in [6.07, 6.45) is 0.709. The van der Waals surface area contributed by atoms with Gasteiger partial charge in [0.2, 0.25) is 0 Å². The number of benzene rings is 1. The third kappa shape index (κ3) is 1.00. The Bertz CT molecular complexity index is 458. The molecule has 3 rings (SSSR count). The number of hydrogen-bond acceptors (Lipinski definition) is 2. The summed E-state index contributed by atoms with van der Waals surface area (Å²) >= 11 is 0. The van der Waals surface area contributed by atoms with Crippen LogP contribution in [0.3, 0.4) is 0 Å². The predicted octanol–water partition coefficient (Wildman–Crippen LogP) is 1.73. The van der Waals surface area contributed by atoms with Gasteiger partial charge in [-0.25, -0.2) is 0 Å². The van der Waals surface area contributed by atoms with Crippen LogP contribution in [-0.2, 0) is 5.41 Å². The molecule has 0 aromatic heterocycles. The Hall–Kier alpha value is -1.15. The average Bonchev–Trinajstić information content (AvgIpc) is 2.46. The van der Waals surface area contributed by atoms with E-state index in [1.807, 2.05) is 6.92 Å². The molecule has 1 saturated heterocycles. The maximum atomic E-state index is 12.0. The van der Waals surface area contributed by atoms with Gasteiger partial charge in [0.15, 0.2) is 5.78 Å². The number of aryl methyl sites for hydroxylation is 2. The van der Waals surface area contributed by atoms with Crippen molar-refractivity contribution in [1.29, 1.82) is 0 Å². The van der Waals surface area contributed by atoms with E-state index in [0.717, 1.165) is 24.2 Å². The molecule has 15 heavy (non-hydrogen) atoms. The summed E-state index contributed by atoms with van der Waals surface area (Å²) in [5, 5.41) is 3.30. The molecule has 1 heterocycles. The number of ketones is 1. The van der Waals surface area contributed by atoms with E-state index in [4.69, 9.17) is 0 Å². The molecule has 1 aromatic rings. The zero-order valence-corrected chi connectivity index (χ0v) is 9.18. The highest BCUT2D eigenvalue weighted by molar-refractivity contribution is 6.04. The zero-order chi connectivity index (χ0) is 10.6. The Morgan fingerprint density at radius 2 is 1.87 bits per heavy atom. The van der Waals surface area contributed by atoms with E-state index >= 15 is 0 Å². The van der Waals surface area contributed by atoms with Crippen LogP contribution in [0.4, 0.5) is 0 Å². The molecule has 1 aliphatic heterocycles. The predicted molar refractivity (Wildman–Crippen MR) is 59.4 cm³/mol. The van der Waals surface area contributed by atoms with Crippen LogP contribution >= 0.6 is 0 Å². The average molecular weight is 201 g/mol. The van der Waals surface area contributed by atoms with Crippen LogP contribution in [0.15, 0.2) is 12.1 Å². The maximum absolute atomic E-state index is 12.0. The Kier molecular flexibility index (Phi) is 1.64. The third-order valence-electron chi connectivity index (χ3n) is 3.86. The van der Waals surface area contributed by atoms with Crippen LogP contribution in [0, 0.1) is 13.8 Å². The molecule has 2 heteroatoms. The second-order valence-electron chi connectivity index (χ2n) is 4.93. The Morgan fingerprint density at radius 1 is 1.20 bits per heavy atom. The molecule has 0 radical (unpaired) electrons. The summed E-state index contributed by atoms with van der Waals surface area (Å²) in [7, 11) is 0. The van der Waals surface area contributed by atoms with Crippen molar-refractivity contribution in [3.8, 4) is 0 Å². The molecule has 1 N–H and O–H groups in total. The van der Waals surface area contributed by atoms with Gasteiger partial charge in [0.25, 0.3) is 0 Å². The third-order valence-corrected chi connectivity index (χ3v) is 3.86. The van der Waals surface area contributed by atoms with Gasteiger partial charge in [-0.3, -0.25) is 4.79 Å². The van der Waals surface area contributed by atoms with Gasteiger partial charge >= 0.3 is 0 Å². The van der Waals surface area contributed by atoms with Crippen molar-refractivity contribution < 1.29 is 4.79 Å². The Labute approximate surface area is 89.7 Å². The van der Waals surface area contributed by atoms with E-state index in [1.54, 1.807) is 0 Å². The fourth-order valence-corrected chi connectivity index (χ4v) is 3.07. The van der Waals surface area contributed by atoms with Crippen LogP contribution in [-0.4, -0.2) is 18.9 Å². The molecule has 2 nitrogen and oxygen atoms in total. The molecule has 1 aliphatic carbocycles. The van der Waals surface area contributed by atoms with E-state index in [0.29, 0.717) is 12.2 Å². The highest BCUT2D eigenvalue weighted by Crippen LogP contribution is 2.44. The first kappa shape index (κ1) is 9.10. The lowest BCUT2D eigenvalue weighted by Crippen LogP contribution is -2.56. The first-order valence-electron chi connectivity index (χ1n) is 5.49. The highest BCUT2D eigenvalue weighted by atomic mass is 16.1. The van der Waals surface area contributed by atoms with Gasteiger partial charge in [-0.15, -0.1) is 0 Å². The Morgan fingerprint density at radius 3 is 2.47 bits per heavy atom. The van der Waals surface area contributed by atoms with Gasteiger partial charge in [0, 0.05) is 30.5 Å². The highest BCUT2D eigenvalue weighted by Gasteiger charge is 2.48. The molecule has 0 atom stereocenters. The van der Waals surface area contributed by atoms with Crippen molar-refractivity contribution in [3.05, 3.63) is 34.4 Å². The summed E-state index contributed by atoms with van der Waals surface area (Å²) in [4.78, 5) is 12.0. The van der Waals surface area contributed by atoms with Crippen LogP contribution in [0.2, 0.25) is 0 Å². The van der Waals surface area contributed by atoms with Crippen molar-refractivity contribution in [2.45, 2.75) is 25.7 Å². The van der Waals surface area contributed by atoms with Crippen molar-refractivity contribution in [3.63, 3.8) is 0 Å². The summed E-state index contributed by atoms with van der Waals surface area (Å²) in [6.45, 7) is 6.10. The van der Waals surface area contributed by atoms with Gasteiger partial charge in [0.05, 0.1) is 0 Å². The molecule has 0 bridgehead atoms. The number of rotatable bonds is 0. The van der Waals surface area contributed by atoms with Crippen LogP contribution in [0.1, 0.15) is 33.5 Å². The lowest BCUT2D eigenvalue weighted by Gasteiger charge is -2.40. The van der Waals surface area contributed by atoms with E-state index in [1.165, 1.54) is 11.1 Å². The number of hydrogen-bond donors (Lipinski definition) is 1. The first-order chi connectivity index (χ1) is 7.14. The molecule has 0 unspecified atom stereocenters. The quantitative estimate of drug-likeness (QED) is 0.692. The molecule has 1 aromatic carbocycles. The lowest BCUT2D eigenvalue weighted by molar-refractivity contribution is 0.0956. The van der Waals surface area contributed by atoms with Crippen molar-refractivity contribution >= 4 is 5.78 Å². The van der Waals surface area contributed by atoms with Gasteiger partial charge < -0.3 is 5.32 Å². The minimum Gasteiger partial charge on any atom is -0.315 e. The summed E-state index contributed by atoms with van der Waals surface area (Å²) in [6, 6.07) is 4.21. The lowest BCUT2D eigenvalue weighted by atomic mass is 9.74. The van der Waals surface area contributed by atoms with Gasteiger partial charge in [-0.1, -0.05) is 12.1 Å². The first-order valence-corrected chi connectivity index (χ1v) is 5.49. The number of carbonyl (C=O) groups excluding carboxylic acids is 1. The van der Waals surface area contributed by atoms with E-state index in [9.17, 15) is 4.79 Å². The largest absolute Gasteiger partial charge is 0.315 e. The molecular weight excluding hydrogens is 186 g/mol. The molecular formula is C13H15NO. The fraction of sp³-hybridized carbons (Fsp3) is 0.462. The standard InChI is InChI=1S/C13H15NO/c1-8-3-4-9(2)12-11(8)10(15)5-13(12)6-14-7-13/h3-4,14H,5-7H2,1-2H3. The second-order valence-corrected chi connectivity index (χ2v) is 4.93. The summed E-state index contributed by atoms with van der Waals surface area (Å²) < 4.78 is 0. The van der Waals surface area contributed by atoms with Crippen molar-refractivity contribution in [2.24, 2.45) is 0 Å². The smallest absolute Gasteiger partial charge is 0.164 e. The molecule has 0 amide bonds. The van der Waals surface area contributed by atoms with Crippen LogP contribution in [0.5, 0.6) is 0 Å². The van der Waals surface area contributed by atoms with Crippen molar-refractivity contribution in [2.75, 3.05) is 13.1 Å². The van der Waals surface area contributed by atoms with Crippen molar-refractivity contribution in [1.82, 2.24) is 5.32 Å². The molecule has 1 spiro atoms.